The molecule has 0 amide bonds. The van der Waals surface area contributed by atoms with Crippen molar-refractivity contribution in [3.05, 3.63) is 0 Å². The Labute approximate surface area is 202 Å². The van der Waals surface area contributed by atoms with Crippen molar-refractivity contribution in [2.75, 3.05) is 26.2 Å². The van der Waals surface area contributed by atoms with Crippen LogP contribution in [-0.4, -0.2) is 83.1 Å². The van der Waals surface area contributed by atoms with Crippen molar-refractivity contribution >= 4 is 17.9 Å². The fourth-order valence-electron chi connectivity index (χ4n) is 6.77. The predicted molar refractivity (Wildman–Crippen MR) is 125 cm³/mol. The van der Waals surface area contributed by atoms with Crippen molar-refractivity contribution in [1.29, 1.82) is 0 Å². The maximum atomic E-state index is 12.7. The van der Waals surface area contributed by atoms with Crippen LogP contribution in [0.15, 0.2) is 0 Å². The molecule has 2 saturated carbocycles. The first kappa shape index (κ1) is 26.9. The van der Waals surface area contributed by atoms with Crippen LogP contribution in [0.5, 0.6) is 0 Å². The van der Waals surface area contributed by atoms with Crippen LogP contribution in [0.2, 0.25) is 0 Å². The summed E-state index contributed by atoms with van der Waals surface area (Å²) >= 11 is 0. The summed E-state index contributed by atoms with van der Waals surface area (Å²) in [5, 5.41) is 18.4. The summed E-state index contributed by atoms with van der Waals surface area (Å²) in [6.45, 7) is 15.0. The minimum absolute atomic E-state index is 0.0128. The highest BCUT2D eigenvalue weighted by molar-refractivity contribution is 6.27. The number of carboxylic acid groups (broad SMARTS) is 2. The van der Waals surface area contributed by atoms with Gasteiger partial charge in [0.15, 0.2) is 0 Å². The van der Waals surface area contributed by atoms with E-state index < -0.39 is 11.9 Å². The molecule has 4 rings (SSSR count). The van der Waals surface area contributed by atoms with Gasteiger partial charge in [0.1, 0.15) is 6.10 Å². The van der Waals surface area contributed by atoms with Crippen LogP contribution in [-0.2, 0) is 23.9 Å². The van der Waals surface area contributed by atoms with Crippen molar-refractivity contribution in [2.24, 2.45) is 23.2 Å². The first-order valence-corrected chi connectivity index (χ1v) is 12.7. The van der Waals surface area contributed by atoms with Crippen LogP contribution >= 0.6 is 0 Å². The van der Waals surface area contributed by atoms with Crippen molar-refractivity contribution < 1.29 is 34.1 Å². The summed E-state index contributed by atoms with van der Waals surface area (Å²) in [4.78, 5) is 33.4. The lowest BCUT2D eigenvalue weighted by atomic mass is 9.53. The van der Waals surface area contributed by atoms with Crippen molar-refractivity contribution in [1.82, 2.24) is 10.2 Å². The molecule has 0 bridgehead atoms. The highest BCUT2D eigenvalue weighted by atomic mass is 16.6. The molecule has 9 nitrogen and oxygen atoms in total. The molecule has 1 spiro atoms. The molecule has 4 aliphatic rings. The Bertz CT molecular complexity index is 746. The molecule has 2 aliphatic carbocycles. The summed E-state index contributed by atoms with van der Waals surface area (Å²) in [5.41, 5.74) is 0.421. The van der Waals surface area contributed by atoms with Crippen LogP contribution in [0.25, 0.3) is 0 Å². The Balaban J connectivity index is 0.000000481. The number of carboxylic acids is 2. The normalized spacial score (nSPS) is 36.1. The second-order valence-electron chi connectivity index (χ2n) is 11.3. The third-order valence-electron chi connectivity index (χ3n) is 8.50. The molecule has 2 saturated heterocycles. The maximum absolute atomic E-state index is 12.7. The van der Waals surface area contributed by atoms with Crippen LogP contribution in [0.3, 0.4) is 0 Å². The molecule has 0 aromatic carbocycles. The third-order valence-corrected chi connectivity index (χ3v) is 8.50. The molecule has 0 aromatic rings. The summed E-state index contributed by atoms with van der Waals surface area (Å²) < 4.78 is 11.9. The molecule has 9 heteroatoms. The van der Waals surface area contributed by atoms with Gasteiger partial charge < -0.3 is 25.0 Å². The van der Waals surface area contributed by atoms with Gasteiger partial charge in [0.05, 0.1) is 18.1 Å². The Morgan fingerprint density at radius 3 is 2.29 bits per heavy atom. The number of epoxide rings is 1. The van der Waals surface area contributed by atoms with E-state index in [0.717, 1.165) is 39.1 Å². The van der Waals surface area contributed by atoms with Gasteiger partial charge in [-0.25, -0.2) is 9.59 Å². The van der Waals surface area contributed by atoms with Gasteiger partial charge in [-0.3, -0.25) is 9.69 Å². The minimum Gasteiger partial charge on any atom is -0.473 e. The molecule has 34 heavy (non-hydrogen) atoms. The molecule has 2 heterocycles. The molecule has 0 aromatic heterocycles. The van der Waals surface area contributed by atoms with Crippen LogP contribution < -0.4 is 5.32 Å². The predicted octanol–water partition coefficient (Wildman–Crippen LogP) is 2.38. The third kappa shape index (κ3) is 5.74. The number of aliphatic carboxylic acids is 2. The molecule has 0 radical (unpaired) electrons. The zero-order valence-electron chi connectivity index (χ0n) is 21.2. The van der Waals surface area contributed by atoms with Crippen LogP contribution in [0, 0.1) is 23.2 Å². The molecule has 6 atom stereocenters. The van der Waals surface area contributed by atoms with Gasteiger partial charge in [0, 0.05) is 37.6 Å². The largest absolute Gasteiger partial charge is 0.473 e. The minimum atomic E-state index is -1.82. The number of hydrogen-bond acceptors (Lipinski definition) is 7. The summed E-state index contributed by atoms with van der Waals surface area (Å²) in [6, 6.07) is 1.08. The van der Waals surface area contributed by atoms with Gasteiger partial charge in [0.2, 0.25) is 0 Å². The fourth-order valence-corrected chi connectivity index (χ4v) is 6.77. The number of rotatable bonds is 7. The van der Waals surface area contributed by atoms with Crippen molar-refractivity contribution in [2.45, 2.75) is 90.5 Å². The molecule has 2 aliphatic heterocycles. The summed E-state index contributed by atoms with van der Waals surface area (Å²) in [6.07, 6.45) is 5.98. The topological polar surface area (TPSA) is 129 Å². The molecule has 3 unspecified atom stereocenters. The van der Waals surface area contributed by atoms with Gasteiger partial charge in [-0.1, -0.05) is 6.92 Å². The highest BCUT2D eigenvalue weighted by Gasteiger charge is 2.64. The number of fused-ring (bicyclic) bond motifs is 3. The number of esters is 1. The monoisotopic (exact) mass is 482 g/mol. The SMILES string of the molecule is CC(C)N(CCNCC1C(=O)O[C@@H]2C[C@@]3(C)CCCC4(CO4)C3C[C@H]12)C(C)C.O=C(O)C(=O)O. The van der Waals surface area contributed by atoms with E-state index >= 15 is 0 Å². The van der Waals surface area contributed by atoms with E-state index in [1.54, 1.807) is 0 Å². The number of hydrogen-bond donors (Lipinski definition) is 3. The molecular formula is C25H42N2O7. The van der Waals surface area contributed by atoms with E-state index in [-0.39, 0.29) is 29.0 Å². The zero-order valence-corrected chi connectivity index (χ0v) is 21.2. The van der Waals surface area contributed by atoms with Gasteiger partial charge >= 0.3 is 17.9 Å². The molecule has 4 fully saturated rings. The van der Waals surface area contributed by atoms with Crippen LogP contribution in [0.4, 0.5) is 0 Å². The summed E-state index contributed by atoms with van der Waals surface area (Å²) in [7, 11) is 0. The van der Waals surface area contributed by atoms with Gasteiger partial charge in [-0.2, -0.15) is 0 Å². The smallest absolute Gasteiger partial charge is 0.414 e. The van der Waals surface area contributed by atoms with E-state index in [4.69, 9.17) is 29.3 Å². The maximum Gasteiger partial charge on any atom is 0.414 e. The number of nitrogens with one attached hydrogen (secondary N) is 1. The van der Waals surface area contributed by atoms with E-state index in [2.05, 4.69) is 44.8 Å². The quantitative estimate of drug-likeness (QED) is 0.217. The van der Waals surface area contributed by atoms with Gasteiger partial charge in [-0.05, 0) is 71.1 Å². The lowest BCUT2D eigenvalue weighted by Crippen LogP contribution is -2.51. The Morgan fingerprint density at radius 2 is 1.76 bits per heavy atom. The average Bonchev–Trinajstić information content (AvgIpc) is 3.43. The lowest BCUT2D eigenvalue weighted by molar-refractivity contribution is -0.159. The van der Waals surface area contributed by atoms with E-state index in [1.807, 2.05) is 0 Å². The van der Waals surface area contributed by atoms with Gasteiger partial charge in [0.25, 0.3) is 0 Å². The number of ether oxygens (including phenoxy) is 2. The second-order valence-corrected chi connectivity index (χ2v) is 11.3. The Morgan fingerprint density at radius 1 is 1.15 bits per heavy atom. The number of carbonyl (C=O) groups is 3. The van der Waals surface area contributed by atoms with Crippen molar-refractivity contribution in [3.63, 3.8) is 0 Å². The zero-order chi connectivity index (χ0) is 25.3. The van der Waals surface area contributed by atoms with Crippen molar-refractivity contribution in [3.8, 4) is 0 Å². The van der Waals surface area contributed by atoms with E-state index in [0.29, 0.717) is 23.9 Å². The highest BCUT2D eigenvalue weighted by Crippen LogP contribution is 2.62. The van der Waals surface area contributed by atoms with Crippen LogP contribution in [0.1, 0.15) is 66.7 Å². The first-order valence-electron chi connectivity index (χ1n) is 12.7. The Kier molecular flexibility index (Phi) is 8.30. The molecular weight excluding hydrogens is 440 g/mol. The number of nitrogens with zero attached hydrogens (tertiary/aromatic N) is 1. The van der Waals surface area contributed by atoms with E-state index in [1.165, 1.54) is 19.3 Å². The standard InChI is InChI=1S/C23H40N2O3.C2H2O4/c1-15(2)25(16(3)4)10-9-24-13-18-17-11-20-22(5,12-19(17)28-21(18)26)7-6-8-23(20)14-27-23;3-1(4)2(5)6/h15-20,24H,6-14H2,1-5H3;(H,3,4)(H,5,6)/t17-,18?,19-,20?,22-,23?;/m1./s1. The average molecular weight is 483 g/mol. The first-order chi connectivity index (χ1) is 15.9. The number of carbonyl (C=O) groups excluding carboxylic acids is 1. The Hall–Kier alpha value is -1.71. The van der Waals surface area contributed by atoms with E-state index in [9.17, 15) is 4.79 Å². The lowest BCUT2D eigenvalue weighted by Gasteiger charge is -2.51. The fraction of sp³-hybridized carbons (Fsp3) is 0.880. The van der Waals surface area contributed by atoms with Gasteiger partial charge in [-0.15, -0.1) is 0 Å². The molecule has 3 N–H and O–H groups in total. The second kappa shape index (κ2) is 10.5. The summed E-state index contributed by atoms with van der Waals surface area (Å²) in [5.74, 6) is -2.64. The molecule has 194 valence electrons.